The molecule has 1 saturated heterocycles. The topological polar surface area (TPSA) is 45.8 Å². The molecule has 2 N–H and O–H groups in total. The highest BCUT2D eigenvalue weighted by atomic mass is 35.5. The highest BCUT2D eigenvalue weighted by Gasteiger charge is 2.13. The van der Waals surface area contributed by atoms with Crippen LogP contribution in [0, 0.1) is 0 Å². The van der Waals surface area contributed by atoms with E-state index in [0.29, 0.717) is 28.2 Å². The van der Waals surface area contributed by atoms with Gasteiger partial charge in [0.1, 0.15) is 6.61 Å². The van der Waals surface area contributed by atoms with E-state index in [4.69, 9.17) is 32.7 Å². The second-order valence-corrected chi connectivity index (χ2v) is 7.64. The molecule has 0 aromatic heterocycles. The van der Waals surface area contributed by atoms with E-state index in [2.05, 4.69) is 15.5 Å². The van der Waals surface area contributed by atoms with E-state index in [9.17, 15) is 0 Å². The first-order chi connectivity index (χ1) is 13.7. The van der Waals surface area contributed by atoms with E-state index >= 15 is 0 Å². The van der Waals surface area contributed by atoms with Crippen LogP contribution in [0.15, 0.2) is 36.4 Å². The van der Waals surface area contributed by atoms with E-state index < -0.39 is 0 Å². The molecule has 0 amide bonds. The molecule has 7 heteroatoms. The Morgan fingerprint density at radius 1 is 1.07 bits per heavy atom. The Morgan fingerprint density at radius 2 is 1.82 bits per heavy atom. The lowest BCUT2D eigenvalue weighted by Crippen LogP contribution is -2.45. The van der Waals surface area contributed by atoms with Crippen molar-refractivity contribution in [3.8, 4) is 11.5 Å². The van der Waals surface area contributed by atoms with Crippen molar-refractivity contribution in [2.45, 2.75) is 13.2 Å². The molecule has 5 nitrogen and oxygen atoms in total. The predicted molar refractivity (Wildman–Crippen MR) is 115 cm³/mol. The third-order valence-electron chi connectivity index (χ3n) is 4.73. The molecule has 1 aliphatic heterocycles. The lowest BCUT2D eigenvalue weighted by molar-refractivity contribution is 0.241. The number of nitrogens with one attached hydrogen (secondary N) is 2. The average molecular weight is 424 g/mol. The highest BCUT2D eigenvalue weighted by Crippen LogP contribution is 2.37. The molecule has 1 aliphatic rings. The van der Waals surface area contributed by atoms with Crippen molar-refractivity contribution in [2.24, 2.45) is 0 Å². The molecule has 0 radical (unpaired) electrons. The summed E-state index contributed by atoms with van der Waals surface area (Å²) in [6, 6.07) is 11.4. The Hall–Kier alpha value is -1.50. The van der Waals surface area contributed by atoms with Crippen LogP contribution in [0.5, 0.6) is 11.5 Å². The van der Waals surface area contributed by atoms with E-state index in [1.807, 2.05) is 36.4 Å². The van der Waals surface area contributed by atoms with Crippen molar-refractivity contribution in [1.82, 2.24) is 15.5 Å². The quantitative estimate of drug-likeness (QED) is 0.603. The second-order valence-electron chi connectivity index (χ2n) is 6.79. The highest BCUT2D eigenvalue weighted by molar-refractivity contribution is 6.32. The van der Waals surface area contributed by atoms with Crippen molar-refractivity contribution in [3.05, 3.63) is 57.6 Å². The fourth-order valence-corrected chi connectivity index (χ4v) is 3.57. The SMILES string of the molecule is COc1cc(CNCCN2CCNCC2)cc(Cl)c1OCc1ccc(Cl)cc1. The van der Waals surface area contributed by atoms with E-state index in [1.54, 1.807) is 7.11 Å². The number of piperazine rings is 1. The summed E-state index contributed by atoms with van der Waals surface area (Å²) in [6.45, 7) is 7.50. The molecule has 3 rings (SSSR count). The van der Waals surface area contributed by atoms with Gasteiger partial charge in [-0.1, -0.05) is 35.3 Å². The number of hydrogen-bond donors (Lipinski definition) is 2. The fraction of sp³-hybridized carbons (Fsp3) is 0.429. The summed E-state index contributed by atoms with van der Waals surface area (Å²) >= 11 is 12.4. The van der Waals surface area contributed by atoms with Gasteiger partial charge in [0.25, 0.3) is 0 Å². The lowest BCUT2D eigenvalue weighted by Gasteiger charge is -2.27. The van der Waals surface area contributed by atoms with Crippen LogP contribution in [0.1, 0.15) is 11.1 Å². The van der Waals surface area contributed by atoms with Gasteiger partial charge in [0.05, 0.1) is 12.1 Å². The Labute approximate surface area is 176 Å². The van der Waals surface area contributed by atoms with Crippen molar-refractivity contribution in [1.29, 1.82) is 0 Å². The Balaban J connectivity index is 1.53. The number of nitrogens with zero attached hydrogens (tertiary/aromatic N) is 1. The zero-order chi connectivity index (χ0) is 19.8. The van der Waals surface area contributed by atoms with Crippen molar-refractivity contribution >= 4 is 23.2 Å². The Kier molecular flexibility index (Phi) is 8.25. The molecule has 0 saturated carbocycles. The van der Waals surface area contributed by atoms with Gasteiger partial charge in [-0.3, -0.25) is 4.90 Å². The smallest absolute Gasteiger partial charge is 0.180 e. The maximum Gasteiger partial charge on any atom is 0.180 e. The van der Waals surface area contributed by atoms with Gasteiger partial charge in [-0.15, -0.1) is 0 Å². The summed E-state index contributed by atoms with van der Waals surface area (Å²) in [4.78, 5) is 2.46. The standard InChI is InChI=1S/C21H27Cl2N3O2/c1-27-20-13-17(14-25-8-11-26-9-6-24-7-10-26)12-19(23)21(20)28-15-16-2-4-18(22)5-3-16/h2-5,12-13,24-25H,6-11,14-15H2,1H3. The minimum absolute atomic E-state index is 0.398. The summed E-state index contributed by atoms with van der Waals surface area (Å²) in [5, 5.41) is 8.10. The minimum Gasteiger partial charge on any atom is -0.493 e. The number of rotatable bonds is 9. The number of benzene rings is 2. The van der Waals surface area contributed by atoms with Gasteiger partial charge in [0.15, 0.2) is 11.5 Å². The van der Waals surface area contributed by atoms with Crippen LogP contribution in [0.3, 0.4) is 0 Å². The molecule has 0 spiro atoms. The Morgan fingerprint density at radius 3 is 2.54 bits per heavy atom. The normalized spacial score (nSPS) is 14.8. The molecule has 0 atom stereocenters. The predicted octanol–water partition coefficient (Wildman–Crippen LogP) is 3.58. The van der Waals surface area contributed by atoms with Crippen LogP contribution in [-0.4, -0.2) is 51.3 Å². The first-order valence-corrected chi connectivity index (χ1v) is 10.3. The molecular weight excluding hydrogens is 397 g/mol. The van der Waals surface area contributed by atoms with Crippen molar-refractivity contribution in [2.75, 3.05) is 46.4 Å². The van der Waals surface area contributed by atoms with Gasteiger partial charge < -0.3 is 20.1 Å². The van der Waals surface area contributed by atoms with Crippen LogP contribution < -0.4 is 20.1 Å². The van der Waals surface area contributed by atoms with Gasteiger partial charge in [-0.25, -0.2) is 0 Å². The van der Waals surface area contributed by atoms with E-state index in [0.717, 1.165) is 56.9 Å². The average Bonchev–Trinajstić information content (AvgIpc) is 2.72. The largest absolute Gasteiger partial charge is 0.493 e. The van der Waals surface area contributed by atoms with Crippen LogP contribution >= 0.6 is 23.2 Å². The molecule has 28 heavy (non-hydrogen) atoms. The maximum absolute atomic E-state index is 6.47. The molecule has 0 bridgehead atoms. The zero-order valence-corrected chi connectivity index (χ0v) is 17.7. The monoisotopic (exact) mass is 423 g/mol. The van der Waals surface area contributed by atoms with Gasteiger partial charge in [-0.05, 0) is 35.4 Å². The summed E-state index contributed by atoms with van der Waals surface area (Å²) < 4.78 is 11.4. The summed E-state index contributed by atoms with van der Waals surface area (Å²) in [5.41, 5.74) is 2.09. The van der Waals surface area contributed by atoms with Crippen molar-refractivity contribution in [3.63, 3.8) is 0 Å². The Bertz CT molecular complexity index is 750. The summed E-state index contributed by atoms with van der Waals surface area (Å²) in [5.74, 6) is 1.20. The third kappa shape index (κ3) is 6.26. The second kappa shape index (κ2) is 10.9. The van der Waals surface area contributed by atoms with Crippen LogP contribution in [0.4, 0.5) is 0 Å². The molecular formula is C21H27Cl2N3O2. The molecule has 2 aromatic rings. The number of ether oxygens (including phenoxy) is 2. The van der Waals surface area contributed by atoms with Crippen LogP contribution in [-0.2, 0) is 13.2 Å². The first-order valence-electron chi connectivity index (χ1n) is 9.53. The van der Waals surface area contributed by atoms with Crippen LogP contribution in [0.2, 0.25) is 10.0 Å². The number of methoxy groups -OCH3 is 1. The number of halogens is 2. The first kappa shape index (κ1) is 21.2. The number of hydrogen-bond acceptors (Lipinski definition) is 5. The molecule has 0 unspecified atom stereocenters. The van der Waals surface area contributed by atoms with Gasteiger partial charge >= 0.3 is 0 Å². The van der Waals surface area contributed by atoms with Gasteiger partial charge in [0, 0.05) is 50.8 Å². The molecule has 1 fully saturated rings. The fourth-order valence-electron chi connectivity index (χ4n) is 3.16. The molecule has 152 valence electrons. The van der Waals surface area contributed by atoms with Gasteiger partial charge in [-0.2, -0.15) is 0 Å². The molecule has 0 aliphatic carbocycles. The molecule has 1 heterocycles. The zero-order valence-electron chi connectivity index (χ0n) is 16.1. The summed E-state index contributed by atoms with van der Waals surface area (Å²) in [7, 11) is 1.63. The van der Waals surface area contributed by atoms with Crippen LogP contribution in [0.25, 0.3) is 0 Å². The lowest BCUT2D eigenvalue weighted by atomic mass is 10.2. The minimum atomic E-state index is 0.398. The maximum atomic E-state index is 6.47. The molecule has 2 aromatic carbocycles. The van der Waals surface area contributed by atoms with E-state index in [-0.39, 0.29) is 0 Å². The van der Waals surface area contributed by atoms with E-state index in [1.165, 1.54) is 0 Å². The van der Waals surface area contributed by atoms with Gasteiger partial charge in [0.2, 0.25) is 0 Å². The summed E-state index contributed by atoms with van der Waals surface area (Å²) in [6.07, 6.45) is 0. The third-order valence-corrected chi connectivity index (χ3v) is 5.26. The van der Waals surface area contributed by atoms with Crippen molar-refractivity contribution < 1.29 is 9.47 Å².